The van der Waals surface area contributed by atoms with Crippen LogP contribution in [-0.4, -0.2) is 19.9 Å². The van der Waals surface area contributed by atoms with Crippen LogP contribution < -0.4 is 14.8 Å². The number of sulfonamides is 1. The highest BCUT2D eigenvalue weighted by Crippen LogP contribution is 2.42. The van der Waals surface area contributed by atoms with Crippen molar-refractivity contribution in [1.29, 1.82) is 0 Å². The van der Waals surface area contributed by atoms with Crippen LogP contribution in [0.5, 0.6) is 5.75 Å². The number of hydrogen-bond acceptors (Lipinski definition) is 4. The summed E-state index contributed by atoms with van der Waals surface area (Å²) in [6.45, 7) is 9.73. The summed E-state index contributed by atoms with van der Waals surface area (Å²) in [4.78, 5) is 13.5. The Morgan fingerprint density at radius 1 is 0.972 bits per heavy atom. The van der Waals surface area contributed by atoms with Crippen LogP contribution in [0, 0.1) is 20.8 Å². The summed E-state index contributed by atoms with van der Waals surface area (Å²) < 4.78 is 35.6. The molecule has 3 aromatic rings. The van der Waals surface area contributed by atoms with E-state index in [0.29, 0.717) is 23.2 Å². The van der Waals surface area contributed by atoms with E-state index in [2.05, 4.69) is 23.9 Å². The third kappa shape index (κ3) is 5.12. The molecule has 0 aliphatic carbocycles. The van der Waals surface area contributed by atoms with E-state index >= 15 is 0 Å². The summed E-state index contributed by atoms with van der Waals surface area (Å²) in [5.74, 6) is 0.461. The number of para-hydroxylation sites is 1. The molecule has 0 aromatic heterocycles. The molecule has 0 fully saturated rings. The summed E-state index contributed by atoms with van der Waals surface area (Å²) in [5, 5.41) is 3.14. The van der Waals surface area contributed by atoms with Crippen LogP contribution in [0.15, 0.2) is 65.6 Å². The first-order valence-corrected chi connectivity index (χ1v) is 13.9. The standard InChI is InChI=1S/C29H34N2O4S/c1-6-29(7-2)18-25(23-10-8-9-11-26(23)35-29)30-28(32)22-14-13-20(4)27(17-22)36(33,34)31-24-15-12-19(3)16-21(24)5/h8-17,25,31H,6-7,18H2,1-5H3,(H,30,32)/t25-/m1/s1. The maximum atomic E-state index is 13.4. The summed E-state index contributed by atoms with van der Waals surface area (Å²) in [7, 11) is -3.89. The van der Waals surface area contributed by atoms with E-state index in [4.69, 9.17) is 4.74 Å². The van der Waals surface area contributed by atoms with Crippen LogP contribution in [0.3, 0.4) is 0 Å². The van der Waals surface area contributed by atoms with Crippen molar-refractivity contribution in [2.45, 2.75) is 70.4 Å². The van der Waals surface area contributed by atoms with Crippen LogP contribution in [-0.2, 0) is 10.0 Å². The van der Waals surface area contributed by atoms with Gasteiger partial charge in [-0.05, 0) is 69.0 Å². The van der Waals surface area contributed by atoms with Gasteiger partial charge in [-0.1, -0.05) is 55.8 Å². The molecule has 4 rings (SSSR count). The normalized spacial score (nSPS) is 16.5. The molecule has 0 bridgehead atoms. The summed E-state index contributed by atoms with van der Waals surface area (Å²) >= 11 is 0. The van der Waals surface area contributed by atoms with Crippen LogP contribution >= 0.6 is 0 Å². The van der Waals surface area contributed by atoms with E-state index in [-0.39, 0.29) is 22.4 Å². The number of fused-ring (bicyclic) bond motifs is 1. The van der Waals surface area contributed by atoms with Crippen molar-refractivity contribution in [3.05, 3.63) is 88.5 Å². The molecular formula is C29H34N2O4S. The van der Waals surface area contributed by atoms with Gasteiger partial charge < -0.3 is 10.1 Å². The second-order valence-corrected chi connectivity index (χ2v) is 11.3. The molecule has 1 heterocycles. The zero-order chi connectivity index (χ0) is 26.1. The molecule has 36 heavy (non-hydrogen) atoms. The number of nitrogens with one attached hydrogen (secondary N) is 2. The van der Waals surface area contributed by atoms with Crippen molar-refractivity contribution in [1.82, 2.24) is 5.32 Å². The number of anilines is 1. The Morgan fingerprint density at radius 2 is 1.69 bits per heavy atom. The lowest BCUT2D eigenvalue weighted by Crippen LogP contribution is -2.44. The van der Waals surface area contributed by atoms with Crippen molar-refractivity contribution in [3.8, 4) is 5.75 Å². The maximum absolute atomic E-state index is 13.4. The molecule has 190 valence electrons. The minimum Gasteiger partial charge on any atom is -0.487 e. The van der Waals surface area contributed by atoms with E-state index in [1.165, 1.54) is 6.07 Å². The van der Waals surface area contributed by atoms with Gasteiger partial charge in [-0.3, -0.25) is 9.52 Å². The highest BCUT2D eigenvalue weighted by molar-refractivity contribution is 7.92. The van der Waals surface area contributed by atoms with Gasteiger partial charge in [0.05, 0.1) is 16.6 Å². The third-order valence-corrected chi connectivity index (χ3v) is 8.66. The monoisotopic (exact) mass is 506 g/mol. The van der Waals surface area contributed by atoms with Crippen LogP contribution in [0.4, 0.5) is 5.69 Å². The summed E-state index contributed by atoms with van der Waals surface area (Å²) in [5.41, 5.74) is 3.84. The van der Waals surface area contributed by atoms with Gasteiger partial charge in [-0.15, -0.1) is 0 Å². The summed E-state index contributed by atoms with van der Waals surface area (Å²) in [6, 6.07) is 17.9. The smallest absolute Gasteiger partial charge is 0.262 e. The van der Waals surface area contributed by atoms with Crippen LogP contribution in [0.25, 0.3) is 0 Å². The molecule has 1 aliphatic heterocycles. The zero-order valence-corrected chi connectivity index (χ0v) is 22.3. The Labute approximate surface area is 214 Å². The Bertz CT molecular complexity index is 1390. The van der Waals surface area contributed by atoms with Crippen LogP contribution in [0.2, 0.25) is 0 Å². The zero-order valence-electron chi connectivity index (χ0n) is 21.5. The largest absolute Gasteiger partial charge is 0.487 e. The lowest BCUT2D eigenvalue weighted by molar-refractivity contribution is 0.0227. The Balaban J connectivity index is 1.62. The molecule has 1 aliphatic rings. The van der Waals surface area contributed by atoms with Gasteiger partial charge in [0.25, 0.3) is 15.9 Å². The first-order valence-electron chi connectivity index (χ1n) is 12.4. The second kappa shape index (κ2) is 9.97. The molecule has 0 saturated heterocycles. The minimum absolute atomic E-state index is 0.0824. The number of carbonyl (C=O) groups is 1. The minimum atomic E-state index is -3.89. The Hall–Kier alpha value is -3.32. The van der Waals surface area contributed by atoms with Crippen molar-refractivity contribution >= 4 is 21.6 Å². The molecule has 1 amide bonds. The fraction of sp³-hybridized carbons (Fsp3) is 0.345. The predicted molar refractivity (Wildman–Crippen MR) is 143 cm³/mol. The molecule has 6 nitrogen and oxygen atoms in total. The first-order chi connectivity index (χ1) is 17.1. The van der Waals surface area contributed by atoms with Gasteiger partial charge in [0.1, 0.15) is 11.4 Å². The van der Waals surface area contributed by atoms with E-state index in [1.54, 1.807) is 25.1 Å². The highest BCUT2D eigenvalue weighted by atomic mass is 32.2. The highest BCUT2D eigenvalue weighted by Gasteiger charge is 2.39. The number of hydrogen-bond donors (Lipinski definition) is 2. The van der Waals surface area contributed by atoms with E-state index in [9.17, 15) is 13.2 Å². The van der Waals surface area contributed by atoms with Gasteiger partial charge >= 0.3 is 0 Å². The molecule has 0 saturated carbocycles. The third-order valence-electron chi connectivity index (χ3n) is 7.16. The molecule has 2 N–H and O–H groups in total. The molecule has 0 unspecified atom stereocenters. The quantitative estimate of drug-likeness (QED) is 0.398. The summed E-state index contributed by atoms with van der Waals surface area (Å²) in [6.07, 6.45) is 2.29. The average Bonchev–Trinajstić information content (AvgIpc) is 2.85. The van der Waals surface area contributed by atoms with Crippen molar-refractivity contribution in [2.75, 3.05) is 4.72 Å². The number of ether oxygens (including phenoxy) is 1. The van der Waals surface area contributed by atoms with Gasteiger partial charge in [-0.2, -0.15) is 0 Å². The lowest BCUT2D eigenvalue weighted by atomic mass is 9.83. The van der Waals surface area contributed by atoms with Gasteiger partial charge in [0.2, 0.25) is 0 Å². The van der Waals surface area contributed by atoms with Gasteiger partial charge in [0, 0.05) is 17.5 Å². The number of rotatable bonds is 7. The molecule has 3 aromatic carbocycles. The molecular weight excluding hydrogens is 472 g/mol. The van der Waals surface area contributed by atoms with Crippen molar-refractivity contribution in [3.63, 3.8) is 0 Å². The average molecular weight is 507 g/mol. The Kier molecular flexibility index (Phi) is 7.14. The number of amides is 1. The second-order valence-electron chi connectivity index (χ2n) is 9.66. The van der Waals surface area contributed by atoms with Crippen LogP contribution in [0.1, 0.15) is 71.8 Å². The fourth-order valence-electron chi connectivity index (χ4n) is 4.83. The van der Waals surface area contributed by atoms with E-state index < -0.39 is 10.0 Å². The van der Waals surface area contributed by atoms with E-state index in [0.717, 1.165) is 35.3 Å². The SMILES string of the molecule is CCC1(CC)C[C@@H](NC(=O)c2ccc(C)c(S(=O)(=O)Nc3ccc(C)cc3C)c2)c2ccccc2O1. The molecule has 0 spiro atoms. The van der Waals surface area contributed by atoms with E-state index in [1.807, 2.05) is 50.2 Å². The Morgan fingerprint density at radius 3 is 2.39 bits per heavy atom. The molecule has 1 atom stereocenters. The van der Waals surface area contributed by atoms with Gasteiger partial charge in [0.15, 0.2) is 0 Å². The molecule has 0 radical (unpaired) electrons. The number of benzene rings is 3. The number of aryl methyl sites for hydroxylation is 3. The number of carbonyl (C=O) groups excluding carboxylic acids is 1. The lowest BCUT2D eigenvalue weighted by Gasteiger charge is -2.41. The first kappa shape index (κ1) is 25.8. The topological polar surface area (TPSA) is 84.5 Å². The maximum Gasteiger partial charge on any atom is 0.262 e. The van der Waals surface area contributed by atoms with Crippen molar-refractivity contribution in [2.24, 2.45) is 0 Å². The van der Waals surface area contributed by atoms with Crippen molar-refractivity contribution < 1.29 is 17.9 Å². The fourth-order valence-corrected chi connectivity index (χ4v) is 6.23. The molecule has 7 heteroatoms. The van der Waals surface area contributed by atoms with Gasteiger partial charge in [-0.25, -0.2) is 8.42 Å². The predicted octanol–water partition coefficient (Wildman–Crippen LogP) is 6.23.